The fourth-order valence-electron chi connectivity index (χ4n) is 0.762. The normalized spacial score (nSPS) is 12.2. The number of nitrogens with zero attached hydrogens (tertiary/aromatic N) is 3. The molecule has 1 aromatic rings. The maximum absolute atomic E-state index is 11.3. The van der Waals surface area contributed by atoms with Crippen molar-refractivity contribution in [3.63, 3.8) is 0 Å². The summed E-state index contributed by atoms with van der Waals surface area (Å²) in [4.78, 5) is 15.0. The average molecular weight is 218 g/mol. The zero-order valence-corrected chi connectivity index (χ0v) is 8.17. The van der Waals surface area contributed by atoms with Gasteiger partial charge in [-0.3, -0.25) is 9.36 Å². The van der Waals surface area contributed by atoms with E-state index in [1.807, 2.05) is 6.07 Å². The van der Waals surface area contributed by atoms with Gasteiger partial charge >= 0.3 is 0 Å². The minimum atomic E-state index is -0.602. The van der Waals surface area contributed by atoms with Crippen LogP contribution < -0.4 is 5.56 Å². The monoisotopic (exact) mass is 217 g/mol. The maximum Gasteiger partial charge on any atom is 0.274 e. The van der Waals surface area contributed by atoms with E-state index in [1.165, 1.54) is 6.33 Å². The molecule has 1 rings (SSSR count). The molecule has 1 atom stereocenters. The molecule has 0 saturated heterocycles. The van der Waals surface area contributed by atoms with Crippen molar-refractivity contribution >= 4 is 23.2 Å². The average Bonchev–Trinajstić information content (AvgIpc) is 2.13. The maximum atomic E-state index is 11.3. The molecule has 0 radical (unpaired) electrons. The van der Waals surface area contributed by atoms with Crippen LogP contribution in [0.4, 0.5) is 0 Å². The number of rotatable bonds is 1. The van der Waals surface area contributed by atoms with Gasteiger partial charge in [-0.2, -0.15) is 5.26 Å². The van der Waals surface area contributed by atoms with Crippen LogP contribution in [0.5, 0.6) is 0 Å². The van der Waals surface area contributed by atoms with Crippen molar-refractivity contribution in [3.05, 3.63) is 26.9 Å². The first-order valence-electron chi connectivity index (χ1n) is 3.39. The predicted octanol–water partition coefficient (Wildman–Crippen LogP) is 1.63. The van der Waals surface area contributed by atoms with E-state index in [-0.39, 0.29) is 10.2 Å². The summed E-state index contributed by atoms with van der Waals surface area (Å²) in [6.45, 7) is 1.56. The third kappa shape index (κ3) is 1.82. The van der Waals surface area contributed by atoms with Crippen LogP contribution >= 0.6 is 23.2 Å². The summed E-state index contributed by atoms with van der Waals surface area (Å²) in [7, 11) is 0. The molecule has 0 saturated carbocycles. The van der Waals surface area contributed by atoms with Crippen molar-refractivity contribution in [2.24, 2.45) is 0 Å². The SMILES string of the molecule is CC(C#N)n1cnc(Cl)c(Cl)c1=O. The van der Waals surface area contributed by atoms with E-state index in [4.69, 9.17) is 28.5 Å². The lowest BCUT2D eigenvalue weighted by molar-refractivity contribution is 0.632. The van der Waals surface area contributed by atoms with Crippen molar-refractivity contribution in [1.82, 2.24) is 9.55 Å². The van der Waals surface area contributed by atoms with Crippen molar-refractivity contribution < 1.29 is 0 Å². The lowest BCUT2D eigenvalue weighted by Crippen LogP contribution is -2.23. The number of hydrogen-bond donors (Lipinski definition) is 0. The van der Waals surface area contributed by atoms with E-state index >= 15 is 0 Å². The highest BCUT2D eigenvalue weighted by Crippen LogP contribution is 2.13. The summed E-state index contributed by atoms with van der Waals surface area (Å²) in [6, 6.07) is 1.29. The van der Waals surface area contributed by atoms with Crippen LogP contribution in [-0.2, 0) is 0 Å². The molecule has 0 spiro atoms. The Hall–Kier alpha value is -1.05. The van der Waals surface area contributed by atoms with Crippen LogP contribution in [0.1, 0.15) is 13.0 Å². The van der Waals surface area contributed by atoms with Gasteiger partial charge in [-0.15, -0.1) is 0 Å². The molecule has 6 heteroatoms. The van der Waals surface area contributed by atoms with Gasteiger partial charge in [0.1, 0.15) is 17.4 Å². The Morgan fingerprint density at radius 1 is 1.69 bits per heavy atom. The first-order chi connectivity index (χ1) is 6.07. The Morgan fingerprint density at radius 2 is 2.31 bits per heavy atom. The number of halogens is 2. The molecular formula is C7H5Cl2N3O. The summed E-state index contributed by atoms with van der Waals surface area (Å²) in [5.41, 5.74) is -0.504. The molecule has 4 nitrogen and oxygen atoms in total. The smallest absolute Gasteiger partial charge is 0.274 e. The fraction of sp³-hybridized carbons (Fsp3) is 0.286. The lowest BCUT2D eigenvalue weighted by atomic mass is 10.4. The molecule has 68 valence electrons. The minimum Gasteiger partial charge on any atom is -0.281 e. The summed E-state index contributed by atoms with van der Waals surface area (Å²) in [5, 5.41) is 8.35. The largest absolute Gasteiger partial charge is 0.281 e. The molecular weight excluding hydrogens is 213 g/mol. The minimum absolute atomic E-state index is 0.0481. The third-order valence-electron chi connectivity index (χ3n) is 1.50. The standard InChI is InChI=1S/C7H5Cl2N3O/c1-4(2-10)12-3-11-6(9)5(8)7(12)13/h3-4H,1H3. The highest BCUT2D eigenvalue weighted by Gasteiger charge is 2.10. The lowest BCUT2D eigenvalue weighted by Gasteiger charge is -2.06. The van der Waals surface area contributed by atoms with E-state index in [9.17, 15) is 4.79 Å². The Balaban J connectivity index is 3.37. The zero-order valence-electron chi connectivity index (χ0n) is 6.66. The number of aromatic nitrogens is 2. The molecule has 0 aromatic carbocycles. The highest BCUT2D eigenvalue weighted by atomic mass is 35.5. The fourth-order valence-corrected chi connectivity index (χ4v) is 1.03. The van der Waals surface area contributed by atoms with Gasteiger partial charge in [-0.25, -0.2) is 4.98 Å². The van der Waals surface area contributed by atoms with Crippen molar-refractivity contribution in [3.8, 4) is 6.07 Å². The van der Waals surface area contributed by atoms with Gasteiger partial charge in [-0.05, 0) is 6.92 Å². The molecule has 0 N–H and O–H groups in total. The van der Waals surface area contributed by atoms with Crippen LogP contribution in [-0.4, -0.2) is 9.55 Å². The van der Waals surface area contributed by atoms with Gasteiger partial charge in [0.2, 0.25) is 0 Å². The van der Waals surface area contributed by atoms with Crippen LogP contribution in [0.2, 0.25) is 10.2 Å². The molecule has 0 bridgehead atoms. The zero-order chi connectivity index (χ0) is 10.0. The van der Waals surface area contributed by atoms with Crippen LogP contribution in [0, 0.1) is 11.3 Å². The number of nitriles is 1. The van der Waals surface area contributed by atoms with Crippen molar-refractivity contribution in [2.75, 3.05) is 0 Å². The topological polar surface area (TPSA) is 58.7 Å². The molecule has 0 fully saturated rings. The second-order valence-electron chi connectivity index (χ2n) is 2.37. The van der Waals surface area contributed by atoms with Gasteiger partial charge < -0.3 is 0 Å². The van der Waals surface area contributed by atoms with Gasteiger partial charge in [0, 0.05) is 0 Å². The first-order valence-corrected chi connectivity index (χ1v) is 4.15. The predicted molar refractivity (Wildman–Crippen MR) is 48.8 cm³/mol. The summed E-state index contributed by atoms with van der Waals surface area (Å²) in [5.74, 6) is 0. The van der Waals surface area contributed by atoms with Crippen molar-refractivity contribution in [1.29, 1.82) is 5.26 Å². The molecule has 0 aliphatic rings. The third-order valence-corrected chi connectivity index (χ3v) is 2.23. The van der Waals surface area contributed by atoms with Crippen LogP contribution in [0.3, 0.4) is 0 Å². The van der Waals surface area contributed by atoms with Crippen LogP contribution in [0.15, 0.2) is 11.1 Å². The molecule has 1 heterocycles. The highest BCUT2D eigenvalue weighted by molar-refractivity contribution is 6.40. The molecule has 0 amide bonds. The molecule has 13 heavy (non-hydrogen) atoms. The van der Waals surface area contributed by atoms with Gasteiger partial charge in [0.05, 0.1) is 6.07 Å². The van der Waals surface area contributed by atoms with Gasteiger partial charge in [-0.1, -0.05) is 23.2 Å². The van der Waals surface area contributed by atoms with E-state index in [0.29, 0.717) is 0 Å². The Bertz CT molecular complexity index is 421. The summed E-state index contributed by atoms with van der Waals surface area (Å²) in [6.07, 6.45) is 1.20. The second kappa shape index (κ2) is 3.77. The quantitative estimate of drug-likeness (QED) is 0.673. The second-order valence-corrected chi connectivity index (χ2v) is 3.10. The molecule has 1 aromatic heterocycles. The van der Waals surface area contributed by atoms with E-state index in [2.05, 4.69) is 4.98 Å². The van der Waals surface area contributed by atoms with Crippen LogP contribution in [0.25, 0.3) is 0 Å². The Labute approximate surface area is 84.3 Å². The van der Waals surface area contributed by atoms with Gasteiger partial charge in [0.25, 0.3) is 5.56 Å². The Morgan fingerprint density at radius 3 is 2.85 bits per heavy atom. The first kappa shape index (κ1) is 10.0. The van der Waals surface area contributed by atoms with E-state index in [1.54, 1.807) is 6.92 Å². The summed E-state index contributed by atoms with van der Waals surface area (Å²) < 4.78 is 1.12. The van der Waals surface area contributed by atoms with E-state index in [0.717, 1.165) is 4.57 Å². The van der Waals surface area contributed by atoms with Gasteiger partial charge in [0.15, 0.2) is 5.15 Å². The Kier molecular flexibility index (Phi) is 2.91. The summed E-state index contributed by atoms with van der Waals surface area (Å²) >= 11 is 11.0. The molecule has 1 unspecified atom stereocenters. The molecule has 0 aliphatic carbocycles. The number of hydrogen-bond acceptors (Lipinski definition) is 3. The molecule has 0 aliphatic heterocycles. The van der Waals surface area contributed by atoms with Crippen molar-refractivity contribution in [2.45, 2.75) is 13.0 Å². The van der Waals surface area contributed by atoms with E-state index < -0.39 is 11.6 Å².